The van der Waals surface area contributed by atoms with E-state index in [1.54, 1.807) is 0 Å². The lowest BCUT2D eigenvalue weighted by molar-refractivity contribution is -0.120. The van der Waals surface area contributed by atoms with Crippen LogP contribution in [0.25, 0.3) is 6.08 Å². The second-order valence-corrected chi connectivity index (χ2v) is 6.24. The van der Waals surface area contributed by atoms with Gasteiger partial charge in [0.25, 0.3) is 0 Å². The van der Waals surface area contributed by atoms with E-state index in [1.165, 1.54) is 0 Å². The molecule has 0 aromatic heterocycles. The Bertz CT molecular complexity index is 645. The van der Waals surface area contributed by atoms with Crippen molar-refractivity contribution in [1.29, 1.82) is 0 Å². The summed E-state index contributed by atoms with van der Waals surface area (Å²) in [5.41, 5.74) is 3.81. The Hall–Kier alpha value is -2.14. The largest absolute Gasteiger partial charge is 0.483 e. The minimum Gasteiger partial charge on any atom is -0.483 e. The Morgan fingerprint density at radius 1 is 1.44 bits per heavy atom. The minimum atomic E-state index is 0.0912. The van der Waals surface area contributed by atoms with Crippen molar-refractivity contribution in [3.63, 3.8) is 0 Å². The van der Waals surface area contributed by atoms with Gasteiger partial charge in [-0.2, -0.15) is 0 Å². The number of ketones is 1. The second kappa shape index (κ2) is 9.37. The Morgan fingerprint density at radius 3 is 2.92 bits per heavy atom. The van der Waals surface area contributed by atoms with E-state index in [0.29, 0.717) is 6.42 Å². The van der Waals surface area contributed by atoms with Crippen LogP contribution in [0.4, 0.5) is 11.4 Å². The Kier molecular flexibility index (Phi) is 7.19. The fraction of sp³-hybridized carbons (Fsp3) is 0.500. The monoisotopic (exact) mass is 343 g/mol. The molecule has 0 unspecified atom stereocenters. The molecule has 1 aromatic carbocycles. The van der Waals surface area contributed by atoms with Crippen LogP contribution < -0.4 is 15.0 Å². The number of aliphatic imine (C=N–C) groups is 1. The molecule has 5 heteroatoms. The summed E-state index contributed by atoms with van der Waals surface area (Å²) >= 11 is 0. The summed E-state index contributed by atoms with van der Waals surface area (Å²) in [5, 5.41) is 3.42. The molecule has 0 radical (unpaired) electrons. The summed E-state index contributed by atoms with van der Waals surface area (Å²) in [6.45, 7) is 13.5. The van der Waals surface area contributed by atoms with E-state index in [1.807, 2.05) is 32.9 Å². The number of carbonyl (C=O) groups excluding carboxylic acids is 1. The molecule has 0 atom stereocenters. The summed E-state index contributed by atoms with van der Waals surface area (Å²) in [4.78, 5) is 18.4. The predicted octanol–water partition coefficient (Wildman–Crippen LogP) is 3.52. The Labute approximate surface area is 150 Å². The molecule has 0 bridgehead atoms. The molecule has 25 heavy (non-hydrogen) atoms. The number of Topliss-reactive ketones (excluding diaryl/α,β-unsaturated/α-hetero) is 1. The van der Waals surface area contributed by atoms with Crippen LogP contribution in [0.3, 0.4) is 0 Å². The lowest BCUT2D eigenvalue weighted by atomic mass is 10.0. The van der Waals surface area contributed by atoms with E-state index < -0.39 is 0 Å². The van der Waals surface area contributed by atoms with Gasteiger partial charge < -0.3 is 15.0 Å². The van der Waals surface area contributed by atoms with Gasteiger partial charge in [-0.1, -0.05) is 19.1 Å². The van der Waals surface area contributed by atoms with Crippen LogP contribution in [-0.2, 0) is 4.79 Å². The fourth-order valence-corrected chi connectivity index (χ4v) is 3.07. The van der Waals surface area contributed by atoms with Crippen molar-refractivity contribution in [2.45, 2.75) is 33.6 Å². The molecule has 1 heterocycles. The summed E-state index contributed by atoms with van der Waals surface area (Å²) in [6, 6.07) is 2.05. The highest BCUT2D eigenvalue weighted by atomic mass is 16.5. The highest BCUT2D eigenvalue weighted by Gasteiger charge is 2.22. The van der Waals surface area contributed by atoms with Crippen LogP contribution in [0.1, 0.15) is 37.8 Å². The Balaban J connectivity index is 2.54. The molecule has 0 aliphatic carbocycles. The quantitative estimate of drug-likeness (QED) is 0.770. The average molecular weight is 343 g/mol. The van der Waals surface area contributed by atoms with Crippen molar-refractivity contribution in [3.05, 3.63) is 23.3 Å². The predicted molar refractivity (Wildman–Crippen MR) is 106 cm³/mol. The van der Waals surface area contributed by atoms with Gasteiger partial charge in [0.1, 0.15) is 18.0 Å². The third kappa shape index (κ3) is 4.69. The smallest absolute Gasteiger partial charge is 0.169 e. The maximum absolute atomic E-state index is 11.8. The van der Waals surface area contributed by atoms with Gasteiger partial charge >= 0.3 is 0 Å². The highest BCUT2D eigenvalue weighted by molar-refractivity contribution is 5.86. The molecule has 0 spiro atoms. The number of carbonyl (C=O) groups is 1. The van der Waals surface area contributed by atoms with Crippen molar-refractivity contribution >= 4 is 30.0 Å². The molecule has 0 saturated carbocycles. The number of hydrogen-bond acceptors (Lipinski definition) is 5. The van der Waals surface area contributed by atoms with E-state index in [-0.39, 0.29) is 12.4 Å². The number of benzene rings is 1. The van der Waals surface area contributed by atoms with Crippen LogP contribution in [0.2, 0.25) is 0 Å². The van der Waals surface area contributed by atoms with E-state index in [0.717, 1.165) is 60.9 Å². The normalized spacial score (nSPS) is 15.2. The maximum Gasteiger partial charge on any atom is 0.169 e. The summed E-state index contributed by atoms with van der Waals surface area (Å²) in [5.74, 6) is 0.841. The van der Waals surface area contributed by atoms with Crippen LogP contribution in [0, 0.1) is 6.92 Å². The summed E-state index contributed by atoms with van der Waals surface area (Å²) < 4.78 is 5.97. The number of hydrogen-bond donors (Lipinski definition) is 1. The maximum atomic E-state index is 11.8. The van der Waals surface area contributed by atoms with Gasteiger partial charge in [-0.15, -0.1) is 0 Å². The number of aryl methyl sites for hydroxylation is 1. The molecule has 1 fully saturated rings. The zero-order valence-corrected chi connectivity index (χ0v) is 15.6. The van der Waals surface area contributed by atoms with Gasteiger partial charge in [0, 0.05) is 31.6 Å². The Morgan fingerprint density at radius 2 is 2.24 bits per heavy atom. The fourth-order valence-electron chi connectivity index (χ4n) is 3.07. The zero-order chi connectivity index (χ0) is 18.2. The third-order valence-corrected chi connectivity index (χ3v) is 4.38. The van der Waals surface area contributed by atoms with Crippen molar-refractivity contribution in [1.82, 2.24) is 5.32 Å². The number of rotatable bonds is 7. The molecule has 1 N–H and O–H groups in total. The zero-order valence-electron chi connectivity index (χ0n) is 15.6. The first kappa shape index (κ1) is 19.2. The first-order chi connectivity index (χ1) is 12.1. The topological polar surface area (TPSA) is 53.9 Å². The third-order valence-electron chi connectivity index (χ3n) is 4.38. The molecule has 1 aliphatic rings. The van der Waals surface area contributed by atoms with Gasteiger partial charge in [0.05, 0.1) is 5.69 Å². The summed E-state index contributed by atoms with van der Waals surface area (Å²) in [7, 11) is 0. The van der Waals surface area contributed by atoms with Crippen LogP contribution >= 0.6 is 0 Å². The molecule has 1 aliphatic heterocycles. The SMILES string of the molecule is C=Nc1c(/C=C\C)cc(C)c(OCC(=O)CC)c1N1CCCNCC1. The van der Waals surface area contributed by atoms with Crippen LogP contribution in [-0.4, -0.2) is 45.3 Å². The highest BCUT2D eigenvalue weighted by Crippen LogP contribution is 2.44. The van der Waals surface area contributed by atoms with Gasteiger partial charge in [-0.3, -0.25) is 9.79 Å². The minimum absolute atomic E-state index is 0.0912. The van der Waals surface area contributed by atoms with E-state index in [4.69, 9.17) is 4.74 Å². The lowest BCUT2D eigenvalue weighted by Crippen LogP contribution is -2.29. The second-order valence-electron chi connectivity index (χ2n) is 6.24. The molecule has 1 aromatic rings. The van der Waals surface area contributed by atoms with E-state index in [9.17, 15) is 4.79 Å². The number of ether oxygens (including phenoxy) is 1. The lowest BCUT2D eigenvalue weighted by Gasteiger charge is -2.28. The van der Waals surface area contributed by atoms with Crippen molar-refractivity contribution in [2.75, 3.05) is 37.7 Å². The van der Waals surface area contributed by atoms with Gasteiger partial charge in [0.2, 0.25) is 0 Å². The van der Waals surface area contributed by atoms with Crippen molar-refractivity contribution in [2.24, 2.45) is 4.99 Å². The van der Waals surface area contributed by atoms with Gasteiger partial charge in [0.15, 0.2) is 5.78 Å². The van der Waals surface area contributed by atoms with Crippen LogP contribution in [0.5, 0.6) is 5.75 Å². The molecular weight excluding hydrogens is 314 g/mol. The number of nitrogens with zero attached hydrogens (tertiary/aromatic N) is 2. The molecule has 0 amide bonds. The molecule has 136 valence electrons. The average Bonchev–Trinajstić information content (AvgIpc) is 2.89. The number of anilines is 1. The first-order valence-corrected chi connectivity index (χ1v) is 8.99. The van der Waals surface area contributed by atoms with Crippen molar-refractivity contribution < 1.29 is 9.53 Å². The number of allylic oxidation sites excluding steroid dienone is 1. The van der Waals surface area contributed by atoms with E-state index >= 15 is 0 Å². The molecule has 1 saturated heterocycles. The molecular formula is C20H29N3O2. The molecule has 5 nitrogen and oxygen atoms in total. The molecule has 2 rings (SSSR count). The van der Waals surface area contributed by atoms with E-state index in [2.05, 4.69) is 28.0 Å². The number of nitrogens with one attached hydrogen (secondary N) is 1. The van der Waals surface area contributed by atoms with Crippen molar-refractivity contribution in [3.8, 4) is 5.75 Å². The van der Waals surface area contributed by atoms with Crippen LogP contribution in [0.15, 0.2) is 17.1 Å². The van der Waals surface area contributed by atoms with Gasteiger partial charge in [-0.05, 0) is 45.2 Å². The summed E-state index contributed by atoms with van der Waals surface area (Å²) in [6.07, 6.45) is 5.57. The first-order valence-electron chi connectivity index (χ1n) is 8.99. The van der Waals surface area contributed by atoms with Gasteiger partial charge in [-0.25, -0.2) is 0 Å². The standard InChI is InChI=1S/C20H29N3O2/c1-5-8-16-13-15(3)20(25-14-17(24)6-2)19(18(16)21-4)23-11-7-9-22-10-12-23/h5,8,13,22H,4,6-7,9-12,14H2,1-3H3/b8-5-.